The number of rotatable bonds is 23. The van der Waals surface area contributed by atoms with Gasteiger partial charge in [0.15, 0.2) is 34.7 Å². The molecule has 2 atom stereocenters. The van der Waals surface area contributed by atoms with Crippen molar-refractivity contribution in [3.8, 4) is 0 Å². The number of ether oxygens (including phenoxy) is 1. The summed E-state index contributed by atoms with van der Waals surface area (Å²) < 4.78 is 94.0. The first kappa shape index (κ1) is 40.3. The topological polar surface area (TPSA) is 125 Å². The highest BCUT2D eigenvalue weighted by Crippen LogP contribution is 2.42. The van der Waals surface area contributed by atoms with E-state index in [2.05, 4.69) is 15.0 Å². The zero-order valence-corrected chi connectivity index (χ0v) is 30.5. The second kappa shape index (κ2) is 19.3. The molecule has 1 unspecified atom stereocenters. The van der Waals surface area contributed by atoms with Crippen molar-refractivity contribution in [2.45, 2.75) is 103 Å². The molecule has 2 heterocycles. The van der Waals surface area contributed by atoms with Crippen LogP contribution in [0.25, 0.3) is 11.2 Å². The summed E-state index contributed by atoms with van der Waals surface area (Å²) in [4.78, 5) is 22.4. The van der Waals surface area contributed by atoms with Crippen LogP contribution in [0.2, 0.25) is 19.1 Å². The standard InChI is InChI=1S/C31H47F5N5O4PSSi/c1-22(18-41-20-40-28-30(37)38-19-39-31(28)41)44-21-46(42,43)45-14-16-47-15-12-10-8-6-4-5-7-9-11-13-17-48(2,3)29-26(35)24(33)23(32)25(34)27(29)36/h19-20,22H,4-18,21H2,1-3H3,(H,42,43)(H2,37,38,39)/t22-/m1/s1. The number of hydrogen-bond donors (Lipinski definition) is 2. The van der Waals surface area contributed by atoms with E-state index in [1.807, 2.05) is 0 Å². The number of benzene rings is 1. The monoisotopic (exact) mass is 739 g/mol. The summed E-state index contributed by atoms with van der Waals surface area (Å²) in [5.74, 6) is -7.35. The molecule has 3 aromatic rings. The van der Waals surface area contributed by atoms with Gasteiger partial charge in [0.2, 0.25) is 5.82 Å². The van der Waals surface area contributed by atoms with E-state index < -0.39 is 56.3 Å². The summed E-state index contributed by atoms with van der Waals surface area (Å²) in [5.41, 5.74) is 6.86. The molecule has 0 bridgehead atoms. The normalized spacial score (nSPS) is 14.1. The molecule has 0 amide bonds. The van der Waals surface area contributed by atoms with Crippen LogP contribution in [0.1, 0.15) is 71.1 Å². The molecule has 2 aromatic heterocycles. The van der Waals surface area contributed by atoms with E-state index in [9.17, 15) is 31.4 Å². The number of aromatic nitrogens is 4. The third kappa shape index (κ3) is 12.0. The fourth-order valence-electron chi connectivity index (χ4n) is 5.47. The summed E-state index contributed by atoms with van der Waals surface area (Å²) in [7, 11) is -6.71. The highest BCUT2D eigenvalue weighted by atomic mass is 32.2. The molecule has 0 aliphatic carbocycles. The smallest absolute Gasteiger partial charge is 0.353 e. The second-order valence-corrected chi connectivity index (χ2v) is 20.4. The maximum absolute atomic E-state index is 14.2. The van der Waals surface area contributed by atoms with E-state index in [-0.39, 0.29) is 18.5 Å². The van der Waals surface area contributed by atoms with Gasteiger partial charge in [0.1, 0.15) is 18.2 Å². The van der Waals surface area contributed by atoms with Gasteiger partial charge in [-0.05, 0) is 19.1 Å². The molecule has 0 aliphatic rings. The molecule has 0 radical (unpaired) electrons. The molecule has 0 saturated carbocycles. The van der Waals surface area contributed by atoms with Gasteiger partial charge in [-0.15, -0.1) is 0 Å². The van der Waals surface area contributed by atoms with Gasteiger partial charge in [-0.1, -0.05) is 76.9 Å². The minimum Gasteiger partial charge on any atom is -0.382 e. The van der Waals surface area contributed by atoms with Crippen LogP contribution in [-0.4, -0.2) is 63.1 Å². The molecule has 17 heteroatoms. The molecule has 48 heavy (non-hydrogen) atoms. The van der Waals surface area contributed by atoms with Crippen molar-refractivity contribution in [2.75, 3.05) is 30.2 Å². The molecule has 9 nitrogen and oxygen atoms in total. The number of thioether (sulfide) groups is 1. The lowest BCUT2D eigenvalue weighted by molar-refractivity contribution is 0.0724. The van der Waals surface area contributed by atoms with Gasteiger partial charge in [-0.25, -0.2) is 36.9 Å². The van der Waals surface area contributed by atoms with Gasteiger partial charge in [0, 0.05) is 10.9 Å². The molecular weight excluding hydrogens is 692 g/mol. The lowest BCUT2D eigenvalue weighted by Crippen LogP contribution is -2.47. The summed E-state index contributed by atoms with van der Waals surface area (Å²) in [6.45, 7) is 5.60. The molecule has 0 saturated heterocycles. The highest BCUT2D eigenvalue weighted by molar-refractivity contribution is 7.99. The predicted molar refractivity (Wildman–Crippen MR) is 183 cm³/mol. The average molecular weight is 740 g/mol. The van der Waals surface area contributed by atoms with E-state index in [4.69, 9.17) is 15.0 Å². The Kier molecular flexibility index (Phi) is 16.2. The zero-order valence-electron chi connectivity index (χ0n) is 27.8. The Morgan fingerprint density at radius 3 is 2.06 bits per heavy atom. The van der Waals surface area contributed by atoms with Crippen LogP contribution in [-0.2, 0) is 20.4 Å². The zero-order chi connectivity index (χ0) is 35.3. The van der Waals surface area contributed by atoms with Crippen LogP contribution in [0.3, 0.4) is 0 Å². The molecule has 270 valence electrons. The SMILES string of the molecule is C[C@H](Cn1cnc2c(N)ncnc21)OCP(=O)(O)OCCSCCCCCCCCCCCC[Si](C)(C)c1c(F)c(F)c(F)c(F)c1F. The Labute approximate surface area is 284 Å². The molecule has 0 aliphatic heterocycles. The van der Waals surface area contributed by atoms with Gasteiger partial charge < -0.3 is 24.5 Å². The van der Waals surface area contributed by atoms with E-state index in [1.54, 1.807) is 42.7 Å². The van der Waals surface area contributed by atoms with Crippen molar-refractivity contribution in [2.24, 2.45) is 0 Å². The van der Waals surface area contributed by atoms with Gasteiger partial charge in [0.05, 0.1) is 33.7 Å². The third-order valence-corrected chi connectivity index (χ3v) is 13.6. The third-order valence-electron chi connectivity index (χ3n) is 8.15. The van der Waals surface area contributed by atoms with Crippen molar-refractivity contribution in [3.05, 3.63) is 41.7 Å². The maximum atomic E-state index is 14.2. The van der Waals surface area contributed by atoms with Crippen molar-refractivity contribution >= 4 is 49.6 Å². The fraction of sp³-hybridized carbons (Fsp3) is 0.645. The lowest BCUT2D eigenvalue weighted by Gasteiger charge is -2.24. The fourth-order valence-corrected chi connectivity index (χ4v) is 10.1. The maximum Gasteiger partial charge on any atom is 0.353 e. The first-order chi connectivity index (χ1) is 22.7. The van der Waals surface area contributed by atoms with Crippen LogP contribution in [0, 0.1) is 29.1 Å². The number of imidazole rings is 1. The number of halogens is 5. The van der Waals surface area contributed by atoms with Crippen LogP contribution in [0.4, 0.5) is 27.8 Å². The minimum atomic E-state index is -3.88. The van der Waals surface area contributed by atoms with E-state index >= 15 is 0 Å². The second-order valence-electron chi connectivity index (χ2n) is 12.6. The van der Waals surface area contributed by atoms with Gasteiger partial charge >= 0.3 is 7.60 Å². The molecule has 0 spiro atoms. The van der Waals surface area contributed by atoms with Gasteiger partial charge in [0.25, 0.3) is 0 Å². The molecular formula is C31H47F5N5O4PSSi. The average Bonchev–Trinajstić information content (AvgIpc) is 3.45. The summed E-state index contributed by atoms with van der Waals surface area (Å²) in [6, 6.07) is 0.460. The van der Waals surface area contributed by atoms with Gasteiger partial charge in [-0.2, -0.15) is 11.8 Å². The number of hydrogen-bond acceptors (Lipinski definition) is 8. The summed E-state index contributed by atoms with van der Waals surface area (Å²) in [5, 5.41) is -0.603. The highest BCUT2D eigenvalue weighted by Gasteiger charge is 2.36. The Hall–Kier alpha value is -2.10. The Balaban J connectivity index is 1.14. The quantitative estimate of drug-likeness (QED) is 0.0249. The molecule has 1 aromatic carbocycles. The van der Waals surface area contributed by atoms with Crippen molar-refractivity contribution in [3.63, 3.8) is 0 Å². The van der Waals surface area contributed by atoms with E-state index in [0.29, 0.717) is 35.9 Å². The Bertz CT molecular complexity index is 1490. The number of anilines is 1. The largest absolute Gasteiger partial charge is 0.382 e. The lowest BCUT2D eigenvalue weighted by atomic mass is 10.1. The Morgan fingerprint density at radius 1 is 0.875 bits per heavy atom. The number of nitrogens with two attached hydrogens (primary N) is 1. The number of fused-ring (bicyclic) bond motifs is 1. The summed E-state index contributed by atoms with van der Waals surface area (Å²) >= 11 is 1.68. The molecule has 3 N–H and O–H groups in total. The van der Waals surface area contributed by atoms with Crippen LogP contribution >= 0.6 is 19.4 Å². The number of unbranched alkanes of at least 4 members (excludes halogenated alkanes) is 9. The van der Waals surface area contributed by atoms with Crippen LogP contribution < -0.4 is 10.9 Å². The van der Waals surface area contributed by atoms with Crippen molar-refractivity contribution in [1.29, 1.82) is 0 Å². The number of nitrogens with zero attached hydrogens (tertiary/aromatic N) is 4. The first-order valence-corrected chi connectivity index (χ1v) is 22.5. The minimum absolute atomic E-state index is 0.162. The van der Waals surface area contributed by atoms with Crippen molar-refractivity contribution in [1.82, 2.24) is 19.5 Å². The van der Waals surface area contributed by atoms with Gasteiger partial charge in [-0.3, -0.25) is 4.57 Å². The van der Waals surface area contributed by atoms with E-state index in [0.717, 1.165) is 63.5 Å². The van der Waals surface area contributed by atoms with Crippen molar-refractivity contribution < 1.29 is 40.7 Å². The Morgan fingerprint density at radius 2 is 1.44 bits per heavy atom. The van der Waals surface area contributed by atoms with Crippen LogP contribution in [0.15, 0.2) is 12.7 Å². The first-order valence-electron chi connectivity index (χ1n) is 16.3. The van der Waals surface area contributed by atoms with Crippen LogP contribution in [0.5, 0.6) is 0 Å². The number of nitrogen functional groups attached to an aromatic ring is 1. The molecule has 3 rings (SSSR count). The molecule has 0 fully saturated rings. The summed E-state index contributed by atoms with van der Waals surface area (Å²) in [6.07, 6.45) is 12.4. The van der Waals surface area contributed by atoms with E-state index in [1.165, 1.54) is 6.33 Å². The predicted octanol–water partition coefficient (Wildman–Crippen LogP) is 7.92.